The van der Waals surface area contributed by atoms with E-state index in [-0.39, 0.29) is 18.6 Å². The summed E-state index contributed by atoms with van der Waals surface area (Å²) in [4.78, 5) is 14.3. The highest BCUT2D eigenvalue weighted by molar-refractivity contribution is 6.31. The molecular formula is C16H22ClNO2. The van der Waals surface area contributed by atoms with E-state index in [1.54, 1.807) is 0 Å². The molecule has 1 aliphatic rings. The minimum Gasteiger partial charge on any atom is -0.396 e. The zero-order chi connectivity index (χ0) is 14.4. The van der Waals surface area contributed by atoms with Crippen molar-refractivity contribution in [2.45, 2.75) is 44.6 Å². The quantitative estimate of drug-likeness (QED) is 0.907. The van der Waals surface area contributed by atoms with Crippen LogP contribution in [0.3, 0.4) is 0 Å². The van der Waals surface area contributed by atoms with Crippen LogP contribution >= 0.6 is 11.6 Å². The summed E-state index contributed by atoms with van der Waals surface area (Å²) in [6.45, 7) is 0.977. The summed E-state index contributed by atoms with van der Waals surface area (Å²) in [5.74, 6) is 0.183. The SMILES string of the molecule is O=C(CCc1ccccc1Cl)N1CCCCC1CCO. The van der Waals surface area contributed by atoms with Crippen LogP contribution in [0.4, 0.5) is 0 Å². The van der Waals surface area contributed by atoms with Crippen LogP contribution in [-0.4, -0.2) is 35.1 Å². The summed E-state index contributed by atoms with van der Waals surface area (Å²) in [5.41, 5.74) is 1.03. The third-order valence-corrected chi connectivity index (χ3v) is 4.34. The molecule has 1 amide bonds. The lowest BCUT2D eigenvalue weighted by Crippen LogP contribution is -2.44. The van der Waals surface area contributed by atoms with Gasteiger partial charge in [0.2, 0.25) is 5.91 Å². The van der Waals surface area contributed by atoms with E-state index in [1.165, 1.54) is 0 Å². The molecule has 20 heavy (non-hydrogen) atoms. The van der Waals surface area contributed by atoms with Gasteiger partial charge in [0.15, 0.2) is 0 Å². The number of aliphatic hydroxyl groups is 1. The molecule has 2 rings (SSSR count). The number of amides is 1. The molecule has 0 radical (unpaired) electrons. The van der Waals surface area contributed by atoms with Gasteiger partial charge in [-0.2, -0.15) is 0 Å². The normalized spacial score (nSPS) is 19.1. The Labute approximate surface area is 125 Å². The van der Waals surface area contributed by atoms with E-state index in [2.05, 4.69) is 0 Å². The molecule has 1 unspecified atom stereocenters. The van der Waals surface area contributed by atoms with Crippen LogP contribution in [0.5, 0.6) is 0 Å². The second-order valence-electron chi connectivity index (χ2n) is 5.34. The molecule has 0 aliphatic carbocycles. The number of hydrogen-bond acceptors (Lipinski definition) is 2. The van der Waals surface area contributed by atoms with E-state index < -0.39 is 0 Å². The first-order chi connectivity index (χ1) is 9.72. The molecule has 1 aliphatic heterocycles. The van der Waals surface area contributed by atoms with Gasteiger partial charge in [-0.1, -0.05) is 29.8 Å². The second-order valence-corrected chi connectivity index (χ2v) is 5.75. The van der Waals surface area contributed by atoms with Crippen molar-refractivity contribution in [2.24, 2.45) is 0 Å². The van der Waals surface area contributed by atoms with E-state index in [0.29, 0.717) is 19.3 Å². The van der Waals surface area contributed by atoms with Gasteiger partial charge < -0.3 is 10.0 Å². The number of aliphatic hydroxyl groups excluding tert-OH is 1. The molecule has 1 heterocycles. The maximum Gasteiger partial charge on any atom is 0.223 e. The lowest BCUT2D eigenvalue weighted by atomic mass is 9.98. The predicted molar refractivity (Wildman–Crippen MR) is 80.8 cm³/mol. The Morgan fingerprint density at radius 3 is 2.90 bits per heavy atom. The third kappa shape index (κ3) is 3.97. The van der Waals surface area contributed by atoms with Gasteiger partial charge in [-0.3, -0.25) is 4.79 Å². The Kier molecular flexibility index (Phi) is 5.86. The molecule has 1 aromatic rings. The van der Waals surface area contributed by atoms with E-state index in [4.69, 9.17) is 16.7 Å². The van der Waals surface area contributed by atoms with Crippen molar-refractivity contribution in [3.63, 3.8) is 0 Å². The average Bonchev–Trinajstić information content (AvgIpc) is 2.47. The molecule has 1 saturated heterocycles. The summed E-state index contributed by atoms with van der Waals surface area (Å²) < 4.78 is 0. The number of carbonyl (C=O) groups excluding carboxylic acids is 1. The van der Waals surface area contributed by atoms with Crippen LogP contribution in [0, 0.1) is 0 Å². The van der Waals surface area contributed by atoms with Crippen LogP contribution in [0.25, 0.3) is 0 Å². The largest absolute Gasteiger partial charge is 0.396 e. The average molecular weight is 296 g/mol. The summed E-state index contributed by atoms with van der Waals surface area (Å²) in [6.07, 6.45) is 5.10. The Balaban J connectivity index is 1.91. The van der Waals surface area contributed by atoms with Crippen molar-refractivity contribution in [3.8, 4) is 0 Å². The molecule has 0 bridgehead atoms. The summed E-state index contributed by atoms with van der Waals surface area (Å²) >= 11 is 6.11. The van der Waals surface area contributed by atoms with Gasteiger partial charge in [0.25, 0.3) is 0 Å². The zero-order valence-corrected chi connectivity index (χ0v) is 12.5. The lowest BCUT2D eigenvalue weighted by molar-refractivity contribution is -0.135. The first kappa shape index (κ1) is 15.3. The maximum atomic E-state index is 12.4. The van der Waals surface area contributed by atoms with E-state index >= 15 is 0 Å². The van der Waals surface area contributed by atoms with E-state index in [1.807, 2.05) is 29.2 Å². The van der Waals surface area contributed by atoms with Crippen LogP contribution in [0.2, 0.25) is 5.02 Å². The summed E-state index contributed by atoms with van der Waals surface area (Å²) in [7, 11) is 0. The molecule has 0 spiro atoms. The smallest absolute Gasteiger partial charge is 0.223 e. The first-order valence-electron chi connectivity index (χ1n) is 7.36. The minimum absolute atomic E-state index is 0.152. The van der Waals surface area contributed by atoms with Gasteiger partial charge in [0.05, 0.1) is 0 Å². The third-order valence-electron chi connectivity index (χ3n) is 3.98. The number of likely N-dealkylation sites (tertiary alicyclic amines) is 1. The highest BCUT2D eigenvalue weighted by Crippen LogP contribution is 2.22. The number of carbonyl (C=O) groups is 1. The van der Waals surface area contributed by atoms with Crippen LogP contribution in [-0.2, 0) is 11.2 Å². The van der Waals surface area contributed by atoms with Gasteiger partial charge in [0.1, 0.15) is 0 Å². The van der Waals surface area contributed by atoms with Crippen molar-refractivity contribution < 1.29 is 9.90 Å². The van der Waals surface area contributed by atoms with Crippen LogP contribution in [0.1, 0.15) is 37.7 Å². The number of benzene rings is 1. The summed E-state index contributed by atoms with van der Waals surface area (Å²) in [6, 6.07) is 7.89. The number of piperidine rings is 1. The van der Waals surface area contributed by atoms with Gasteiger partial charge in [-0.05, 0) is 43.7 Å². The van der Waals surface area contributed by atoms with Crippen molar-refractivity contribution >= 4 is 17.5 Å². The van der Waals surface area contributed by atoms with Gasteiger partial charge in [-0.15, -0.1) is 0 Å². The predicted octanol–water partition coefficient (Wildman–Crippen LogP) is 3.04. The molecule has 4 heteroatoms. The number of rotatable bonds is 5. The zero-order valence-electron chi connectivity index (χ0n) is 11.7. The molecule has 3 nitrogen and oxygen atoms in total. The van der Waals surface area contributed by atoms with Crippen molar-refractivity contribution in [2.75, 3.05) is 13.2 Å². The van der Waals surface area contributed by atoms with Crippen LogP contribution in [0.15, 0.2) is 24.3 Å². The van der Waals surface area contributed by atoms with Gasteiger partial charge in [0, 0.05) is 30.6 Å². The van der Waals surface area contributed by atoms with Gasteiger partial charge >= 0.3 is 0 Å². The Bertz CT molecular complexity index is 448. The summed E-state index contributed by atoms with van der Waals surface area (Å²) in [5, 5.41) is 9.83. The van der Waals surface area contributed by atoms with E-state index in [9.17, 15) is 4.79 Å². The van der Waals surface area contributed by atoms with Crippen LogP contribution < -0.4 is 0 Å². The molecule has 1 atom stereocenters. The first-order valence-corrected chi connectivity index (χ1v) is 7.74. The molecule has 1 N–H and O–H groups in total. The highest BCUT2D eigenvalue weighted by Gasteiger charge is 2.25. The fourth-order valence-electron chi connectivity index (χ4n) is 2.86. The van der Waals surface area contributed by atoms with Crippen molar-refractivity contribution in [1.29, 1.82) is 0 Å². The highest BCUT2D eigenvalue weighted by atomic mass is 35.5. The molecule has 110 valence electrons. The molecular weight excluding hydrogens is 274 g/mol. The standard InChI is InChI=1S/C16H22ClNO2/c17-15-7-2-1-5-13(15)8-9-16(20)18-11-4-3-6-14(18)10-12-19/h1-2,5,7,14,19H,3-4,6,8-12H2. The number of nitrogens with zero attached hydrogens (tertiary/aromatic N) is 1. The van der Waals surface area contributed by atoms with Gasteiger partial charge in [-0.25, -0.2) is 0 Å². The second kappa shape index (κ2) is 7.65. The number of hydrogen-bond donors (Lipinski definition) is 1. The fraction of sp³-hybridized carbons (Fsp3) is 0.562. The number of halogens is 1. The Morgan fingerprint density at radius 2 is 2.15 bits per heavy atom. The lowest BCUT2D eigenvalue weighted by Gasteiger charge is -2.35. The molecule has 1 fully saturated rings. The molecule has 0 aromatic heterocycles. The Morgan fingerprint density at radius 1 is 1.35 bits per heavy atom. The maximum absolute atomic E-state index is 12.4. The monoisotopic (exact) mass is 295 g/mol. The molecule has 0 saturated carbocycles. The number of aryl methyl sites for hydroxylation is 1. The topological polar surface area (TPSA) is 40.5 Å². The molecule has 1 aromatic carbocycles. The van der Waals surface area contributed by atoms with Crippen molar-refractivity contribution in [3.05, 3.63) is 34.9 Å². The van der Waals surface area contributed by atoms with Crippen molar-refractivity contribution in [1.82, 2.24) is 4.90 Å². The minimum atomic E-state index is 0.152. The Hall–Kier alpha value is -1.06. The van der Waals surface area contributed by atoms with E-state index in [0.717, 1.165) is 36.4 Å². The fourth-order valence-corrected chi connectivity index (χ4v) is 3.09.